The first-order valence-electron chi connectivity index (χ1n) is 6.56. The third kappa shape index (κ3) is 6.42. The number of nitrogens with one attached hydrogen (secondary N) is 2. The van der Waals surface area contributed by atoms with Crippen molar-refractivity contribution in [3.63, 3.8) is 0 Å². The predicted octanol–water partition coefficient (Wildman–Crippen LogP) is 1.39. The van der Waals surface area contributed by atoms with Gasteiger partial charge in [-0.2, -0.15) is 0 Å². The van der Waals surface area contributed by atoms with Crippen molar-refractivity contribution in [1.29, 1.82) is 0 Å². The molecule has 3 amide bonds. The van der Waals surface area contributed by atoms with Crippen LogP contribution in [0.4, 0.5) is 4.79 Å². The molecule has 0 fully saturated rings. The van der Waals surface area contributed by atoms with E-state index in [2.05, 4.69) is 10.6 Å². The molecule has 114 valence electrons. The Labute approximate surface area is 122 Å². The molecule has 0 aliphatic heterocycles. The third-order valence-corrected chi connectivity index (χ3v) is 2.54. The molecule has 3 N–H and O–H groups in total. The number of imide groups is 1. The van der Waals surface area contributed by atoms with Crippen LogP contribution in [0.15, 0.2) is 24.3 Å². The van der Waals surface area contributed by atoms with Gasteiger partial charge in [-0.1, -0.05) is 13.3 Å². The van der Waals surface area contributed by atoms with Crippen molar-refractivity contribution in [3.8, 4) is 5.75 Å². The summed E-state index contributed by atoms with van der Waals surface area (Å²) in [4.78, 5) is 33.4. The minimum absolute atomic E-state index is 0.127. The first-order chi connectivity index (χ1) is 10.0. The van der Waals surface area contributed by atoms with Crippen LogP contribution in [0.25, 0.3) is 0 Å². The van der Waals surface area contributed by atoms with Gasteiger partial charge in [-0.05, 0) is 30.7 Å². The van der Waals surface area contributed by atoms with Gasteiger partial charge in [0.05, 0.1) is 5.56 Å². The van der Waals surface area contributed by atoms with Crippen LogP contribution >= 0.6 is 0 Å². The lowest BCUT2D eigenvalue weighted by Crippen LogP contribution is -2.41. The second kappa shape index (κ2) is 8.57. The highest BCUT2D eigenvalue weighted by Gasteiger charge is 2.08. The minimum atomic E-state index is -1.04. The number of aromatic carboxylic acids is 1. The Morgan fingerprint density at radius 3 is 2.43 bits per heavy atom. The molecular weight excluding hydrogens is 276 g/mol. The van der Waals surface area contributed by atoms with E-state index in [1.165, 1.54) is 24.3 Å². The van der Waals surface area contributed by atoms with E-state index in [4.69, 9.17) is 9.84 Å². The summed E-state index contributed by atoms with van der Waals surface area (Å²) in [5.41, 5.74) is 0.127. The van der Waals surface area contributed by atoms with E-state index in [1.54, 1.807) is 0 Å². The molecule has 0 bridgehead atoms. The fraction of sp³-hybridized carbons (Fsp3) is 0.357. The van der Waals surface area contributed by atoms with Gasteiger partial charge in [0.25, 0.3) is 5.91 Å². The predicted molar refractivity (Wildman–Crippen MR) is 75.3 cm³/mol. The van der Waals surface area contributed by atoms with Crippen LogP contribution in [0.5, 0.6) is 5.75 Å². The molecule has 0 atom stereocenters. The molecule has 21 heavy (non-hydrogen) atoms. The largest absolute Gasteiger partial charge is 0.484 e. The average Bonchev–Trinajstić information content (AvgIpc) is 2.46. The van der Waals surface area contributed by atoms with Crippen molar-refractivity contribution >= 4 is 17.9 Å². The zero-order chi connectivity index (χ0) is 15.7. The fourth-order valence-electron chi connectivity index (χ4n) is 1.43. The Morgan fingerprint density at radius 2 is 1.86 bits per heavy atom. The van der Waals surface area contributed by atoms with Gasteiger partial charge < -0.3 is 15.2 Å². The summed E-state index contributed by atoms with van der Waals surface area (Å²) in [5, 5.41) is 13.4. The SMILES string of the molecule is CCCCNC(=O)NC(=O)COc1ccc(C(=O)O)cc1. The van der Waals surface area contributed by atoms with Crippen molar-refractivity contribution < 1.29 is 24.2 Å². The summed E-state index contributed by atoms with van der Waals surface area (Å²) in [5.74, 6) is -1.27. The Morgan fingerprint density at radius 1 is 1.19 bits per heavy atom. The molecule has 0 saturated carbocycles. The minimum Gasteiger partial charge on any atom is -0.484 e. The highest BCUT2D eigenvalue weighted by atomic mass is 16.5. The number of amides is 3. The molecule has 0 radical (unpaired) electrons. The van der Waals surface area contributed by atoms with E-state index in [0.29, 0.717) is 12.3 Å². The van der Waals surface area contributed by atoms with Crippen LogP contribution in [0.2, 0.25) is 0 Å². The quantitative estimate of drug-likeness (QED) is 0.659. The molecule has 0 heterocycles. The van der Waals surface area contributed by atoms with Crippen LogP contribution < -0.4 is 15.4 Å². The normalized spacial score (nSPS) is 9.76. The van der Waals surface area contributed by atoms with Gasteiger partial charge in [-0.3, -0.25) is 10.1 Å². The van der Waals surface area contributed by atoms with Gasteiger partial charge in [0.2, 0.25) is 0 Å². The molecule has 0 spiro atoms. The molecule has 0 saturated heterocycles. The topological polar surface area (TPSA) is 105 Å². The lowest BCUT2D eigenvalue weighted by molar-refractivity contribution is -0.122. The molecule has 1 aromatic carbocycles. The van der Waals surface area contributed by atoms with Gasteiger partial charge in [-0.25, -0.2) is 9.59 Å². The van der Waals surface area contributed by atoms with Gasteiger partial charge >= 0.3 is 12.0 Å². The van der Waals surface area contributed by atoms with Gasteiger partial charge in [-0.15, -0.1) is 0 Å². The number of carbonyl (C=O) groups is 3. The summed E-state index contributed by atoms with van der Waals surface area (Å²) >= 11 is 0. The van der Waals surface area contributed by atoms with Crippen LogP contribution in [0.3, 0.4) is 0 Å². The monoisotopic (exact) mass is 294 g/mol. The highest BCUT2D eigenvalue weighted by molar-refractivity contribution is 5.95. The molecule has 7 nitrogen and oxygen atoms in total. The molecule has 0 aliphatic carbocycles. The summed E-state index contributed by atoms with van der Waals surface area (Å²) in [6.07, 6.45) is 1.79. The number of unbranched alkanes of at least 4 members (excludes halogenated alkanes) is 1. The van der Waals surface area contributed by atoms with E-state index in [9.17, 15) is 14.4 Å². The van der Waals surface area contributed by atoms with Gasteiger partial charge in [0, 0.05) is 6.54 Å². The zero-order valence-electron chi connectivity index (χ0n) is 11.7. The maximum absolute atomic E-state index is 11.4. The number of carbonyl (C=O) groups excluding carboxylic acids is 2. The maximum atomic E-state index is 11.4. The summed E-state index contributed by atoms with van der Waals surface area (Å²) in [6, 6.07) is 5.06. The third-order valence-electron chi connectivity index (χ3n) is 2.54. The van der Waals surface area contributed by atoms with Crippen molar-refractivity contribution in [1.82, 2.24) is 10.6 Å². The molecule has 1 rings (SSSR count). The number of carboxylic acid groups (broad SMARTS) is 1. The van der Waals surface area contributed by atoms with Crippen molar-refractivity contribution in [2.24, 2.45) is 0 Å². The smallest absolute Gasteiger partial charge is 0.335 e. The molecule has 0 aliphatic rings. The first-order valence-corrected chi connectivity index (χ1v) is 6.56. The number of hydrogen-bond acceptors (Lipinski definition) is 4. The van der Waals surface area contributed by atoms with Crippen molar-refractivity contribution in [2.75, 3.05) is 13.2 Å². The number of rotatable bonds is 7. The molecule has 0 unspecified atom stereocenters. The Bertz CT molecular complexity index is 499. The first kappa shape index (κ1) is 16.5. The van der Waals surface area contributed by atoms with Crippen LogP contribution in [0.1, 0.15) is 30.1 Å². The van der Waals surface area contributed by atoms with E-state index < -0.39 is 17.9 Å². The molecule has 7 heteroatoms. The molecular formula is C14H18N2O5. The Hall–Kier alpha value is -2.57. The number of hydrogen-bond donors (Lipinski definition) is 3. The number of carboxylic acids is 1. The van der Waals surface area contributed by atoms with Crippen LogP contribution in [0, 0.1) is 0 Å². The van der Waals surface area contributed by atoms with E-state index in [1.807, 2.05) is 6.92 Å². The summed E-state index contributed by atoms with van der Waals surface area (Å²) in [7, 11) is 0. The molecule has 1 aromatic rings. The number of ether oxygens (including phenoxy) is 1. The van der Waals surface area contributed by atoms with Crippen molar-refractivity contribution in [2.45, 2.75) is 19.8 Å². The van der Waals surface area contributed by atoms with E-state index in [-0.39, 0.29) is 12.2 Å². The second-order valence-corrected chi connectivity index (χ2v) is 4.28. The lowest BCUT2D eigenvalue weighted by atomic mass is 10.2. The fourth-order valence-corrected chi connectivity index (χ4v) is 1.43. The van der Waals surface area contributed by atoms with Crippen LogP contribution in [-0.4, -0.2) is 36.2 Å². The molecule has 0 aromatic heterocycles. The van der Waals surface area contributed by atoms with Gasteiger partial charge in [0.15, 0.2) is 6.61 Å². The Kier molecular flexibility index (Phi) is 6.73. The lowest BCUT2D eigenvalue weighted by Gasteiger charge is -2.08. The average molecular weight is 294 g/mol. The van der Waals surface area contributed by atoms with Crippen molar-refractivity contribution in [3.05, 3.63) is 29.8 Å². The van der Waals surface area contributed by atoms with E-state index in [0.717, 1.165) is 12.8 Å². The van der Waals surface area contributed by atoms with Gasteiger partial charge in [0.1, 0.15) is 5.75 Å². The summed E-state index contributed by atoms with van der Waals surface area (Å²) < 4.78 is 5.14. The maximum Gasteiger partial charge on any atom is 0.335 e. The highest BCUT2D eigenvalue weighted by Crippen LogP contribution is 2.11. The standard InChI is InChI=1S/C14H18N2O5/c1-2-3-8-15-14(20)16-12(17)9-21-11-6-4-10(5-7-11)13(18)19/h4-7H,2-3,8-9H2,1H3,(H,18,19)(H2,15,16,17,20). The summed E-state index contributed by atoms with van der Waals surface area (Å²) in [6.45, 7) is 2.18. The zero-order valence-corrected chi connectivity index (χ0v) is 11.7. The van der Waals surface area contributed by atoms with Crippen LogP contribution in [-0.2, 0) is 4.79 Å². The number of urea groups is 1. The van der Waals surface area contributed by atoms with E-state index >= 15 is 0 Å². The number of benzene rings is 1. The Balaban J connectivity index is 2.32. The second-order valence-electron chi connectivity index (χ2n) is 4.28.